The molecule has 1 aromatic rings. The van der Waals surface area contributed by atoms with Crippen LogP contribution in [0.2, 0.25) is 5.15 Å². The number of halogens is 1. The molecule has 0 aliphatic carbocycles. The van der Waals surface area contributed by atoms with E-state index < -0.39 is 0 Å². The highest BCUT2D eigenvalue weighted by atomic mass is 35.5. The Kier molecular flexibility index (Phi) is 4.89. The maximum Gasteiger partial charge on any atom is 0.255 e. The first-order valence-corrected chi connectivity index (χ1v) is 7.81. The molecule has 0 aromatic carbocycles. The summed E-state index contributed by atoms with van der Waals surface area (Å²) in [6, 6.07) is 3.41. The molecule has 1 aliphatic heterocycles. The first-order chi connectivity index (χ1) is 8.70. The van der Waals surface area contributed by atoms with Crippen LogP contribution in [0.4, 0.5) is 0 Å². The lowest BCUT2D eigenvalue weighted by molar-refractivity contribution is 0.0761. The van der Waals surface area contributed by atoms with Crippen molar-refractivity contribution in [2.24, 2.45) is 0 Å². The van der Waals surface area contributed by atoms with Crippen molar-refractivity contribution in [1.29, 1.82) is 0 Å². The third-order valence-electron chi connectivity index (χ3n) is 3.27. The molecule has 5 heteroatoms. The number of carbonyl (C=O) groups is 1. The van der Waals surface area contributed by atoms with Crippen LogP contribution in [-0.4, -0.2) is 40.4 Å². The van der Waals surface area contributed by atoms with E-state index >= 15 is 0 Å². The number of likely N-dealkylation sites (tertiary alicyclic amines) is 1. The van der Waals surface area contributed by atoms with Crippen LogP contribution in [0.5, 0.6) is 0 Å². The lowest BCUT2D eigenvalue weighted by Gasteiger charge is -2.20. The molecular weight excluding hydrogens is 268 g/mol. The summed E-state index contributed by atoms with van der Waals surface area (Å²) in [4.78, 5) is 18.2. The van der Waals surface area contributed by atoms with Gasteiger partial charge in [-0.25, -0.2) is 4.98 Å². The number of pyridine rings is 1. The van der Waals surface area contributed by atoms with Crippen molar-refractivity contribution in [3.63, 3.8) is 0 Å². The van der Waals surface area contributed by atoms with Gasteiger partial charge < -0.3 is 4.90 Å². The second-order valence-corrected chi connectivity index (χ2v) is 5.98. The molecule has 3 nitrogen and oxygen atoms in total. The lowest BCUT2D eigenvalue weighted by Crippen LogP contribution is -2.32. The van der Waals surface area contributed by atoms with Gasteiger partial charge in [0.1, 0.15) is 5.15 Å². The average molecular weight is 285 g/mol. The summed E-state index contributed by atoms with van der Waals surface area (Å²) in [6.45, 7) is 1.69. The summed E-state index contributed by atoms with van der Waals surface area (Å²) in [5.41, 5.74) is 0.627. The molecule has 2 heterocycles. The van der Waals surface area contributed by atoms with Gasteiger partial charge in [0.05, 0.1) is 5.56 Å². The van der Waals surface area contributed by atoms with E-state index in [9.17, 15) is 4.79 Å². The zero-order valence-corrected chi connectivity index (χ0v) is 12.0. The van der Waals surface area contributed by atoms with E-state index in [1.54, 1.807) is 18.3 Å². The maximum absolute atomic E-state index is 12.3. The van der Waals surface area contributed by atoms with Gasteiger partial charge in [0.25, 0.3) is 5.91 Å². The van der Waals surface area contributed by atoms with Gasteiger partial charge in [-0.1, -0.05) is 11.6 Å². The first-order valence-electron chi connectivity index (χ1n) is 6.14. The molecule has 0 radical (unpaired) electrons. The molecular formula is C13H17ClN2OS. The summed E-state index contributed by atoms with van der Waals surface area (Å²) in [6.07, 6.45) is 7.06. The highest BCUT2D eigenvalue weighted by molar-refractivity contribution is 7.99. The topological polar surface area (TPSA) is 33.2 Å². The Morgan fingerprint density at radius 2 is 2.28 bits per heavy atom. The fourth-order valence-electron chi connectivity index (χ4n) is 2.19. The summed E-state index contributed by atoms with van der Waals surface area (Å²) in [5, 5.41) is 1.11. The average Bonchev–Trinajstić information content (AvgIpc) is 2.64. The Morgan fingerprint density at radius 1 is 1.44 bits per heavy atom. The number of amides is 1. The Labute approximate surface area is 117 Å². The first kappa shape index (κ1) is 13.7. The van der Waals surface area contributed by atoms with Gasteiger partial charge >= 0.3 is 0 Å². The second kappa shape index (κ2) is 6.43. The van der Waals surface area contributed by atoms with Gasteiger partial charge in [-0.3, -0.25) is 4.79 Å². The van der Waals surface area contributed by atoms with Crippen molar-refractivity contribution in [2.75, 3.05) is 19.3 Å². The summed E-state index contributed by atoms with van der Waals surface area (Å²) in [5.74, 6) is 0.0703. The van der Waals surface area contributed by atoms with Crippen molar-refractivity contribution >= 4 is 29.3 Å². The number of thioether (sulfide) groups is 1. The molecule has 1 amide bonds. The largest absolute Gasteiger partial charge is 0.339 e. The van der Waals surface area contributed by atoms with Gasteiger partial charge in [0, 0.05) is 24.5 Å². The predicted molar refractivity (Wildman–Crippen MR) is 76.3 cm³/mol. The normalized spacial score (nSPS) is 20.6. The molecule has 0 N–H and O–H groups in total. The van der Waals surface area contributed by atoms with Crippen molar-refractivity contribution in [1.82, 2.24) is 9.88 Å². The minimum absolute atomic E-state index is 0.0703. The van der Waals surface area contributed by atoms with E-state index in [2.05, 4.69) is 11.2 Å². The standard InChI is InChI=1S/C13H17ClN2OS/c1-18-11-3-2-7-16(8-6-11)13(17)10-4-5-12(14)15-9-10/h4-5,9,11H,2-3,6-8H2,1H3. The fraction of sp³-hybridized carbons (Fsp3) is 0.538. The SMILES string of the molecule is CSC1CCCN(C(=O)c2ccc(Cl)nc2)CC1. The number of rotatable bonds is 2. The van der Waals surface area contributed by atoms with E-state index in [-0.39, 0.29) is 5.91 Å². The van der Waals surface area contributed by atoms with E-state index in [1.807, 2.05) is 16.7 Å². The van der Waals surface area contributed by atoms with Gasteiger partial charge in [0.15, 0.2) is 0 Å². The lowest BCUT2D eigenvalue weighted by atomic mass is 10.2. The van der Waals surface area contributed by atoms with E-state index in [1.165, 1.54) is 6.42 Å². The highest BCUT2D eigenvalue weighted by Gasteiger charge is 2.21. The summed E-state index contributed by atoms with van der Waals surface area (Å²) >= 11 is 7.63. The van der Waals surface area contributed by atoms with Crippen LogP contribution in [0.15, 0.2) is 18.3 Å². The van der Waals surface area contributed by atoms with E-state index in [4.69, 9.17) is 11.6 Å². The molecule has 1 atom stereocenters. The Balaban J connectivity index is 2.02. The molecule has 1 fully saturated rings. The second-order valence-electron chi connectivity index (χ2n) is 4.45. The van der Waals surface area contributed by atoms with Gasteiger partial charge in [-0.15, -0.1) is 0 Å². The van der Waals surface area contributed by atoms with Gasteiger partial charge in [-0.05, 0) is 37.7 Å². The molecule has 0 spiro atoms. The van der Waals surface area contributed by atoms with Crippen LogP contribution >= 0.6 is 23.4 Å². The molecule has 98 valence electrons. The zero-order chi connectivity index (χ0) is 13.0. The van der Waals surface area contributed by atoms with Crippen LogP contribution < -0.4 is 0 Å². The third kappa shape index (κ3) is 3.39. The van der Waals surface area contributed by atoms with Gasteiger partial charge in [0.2, 0.25) is 0 Å². The maximum atomic E-state index is 12.3. The third-order valence-corrected chi connectivity index (χ3v) is 4.63. The monoisotopic (exact) mass is 284 g/mol. The van der Waals surface area contributed by atoms with E-state index in [0.717, 1.165) is 25.9 Å². The van der Waals surface area contributed by atoms with Crippen LogP contribution in [0.3, 0.4) is 0 Å². The summed E-state index contributed by atoms with van der Waals surface area (Å²) < 4.78 is 0. The van der Waals surface area contributed by atoms with Crippen LogP contribution in [0.1, 0.15) is 29.6 Å². The Hall–Kier alpha value is -0.740. The highest BCUT2D eigenvalue weighted by Crippen LogP contribution is 2.22. The number of carbonyl (C=O) groups excluding carboxylic acids is 1. The quantitative estimate of drug-likeness (QED) is 0.783. The number of aromatic nitrogens is 1. The zero-order valence-electron chi connectivity index (χ0n) is 10.4. The minimum Gasteiger partial charge on any atom is -0.339 e. The van der Waals surface area contributed by atoms with Crippen molar-refractivity contribution in [3.8, 4) is 0 Å². The van der Waals surface area contributed by atoms with Crippen molar-refractivity contribution in [2.45, 2.75) is 24.5 Å². The molecule has 1 unspecified atom stereocenters. The molecule has 1 aromatic heterocycles. The Morgan fingerprint density at radius 3 is 2.94 bits per heavy atom. The van der Waals surface area contributed by atoms with E-state index in [0.29, 0.717) is 16.0 Å². The molecule has 2 rings (SSSR count). The summed E-state index contributed by atoms with van der Waals surface area (Å²) in [7, 11) is 0. The van der Waals surface area contributed by atoms with Crippen LogP contribution in [0, 0.1) is 0 Å². The Bertz CT molecular complexity index is 410. The molecule has 18 heavy (non-hydrogen) atoms. The molecule has 1 aliphatic rings. The number of hydrogen-bond donors (Lipinski definition) is 0. The van der Waals surface area contributed by atoms with Gasteiger partial charge in [-0.2, -0.15) is 11.8 Å². The molecule has 1 saturated heterocycles. The number of hydrogen-bond acceptors (Lipinski definition) is 3. The minimum atomic E-state index is 0.0703. The number of nitrogens with zero attached hydrogens (tertiary/aromatic N) is 2. The van der Waals surface area contributed by atoms with Crippen molar-refractivity contribution < 1.29 is 4.79 Å². The predicted octanol–water partition coefficient (Wildman–Crippen LogP) is 3.09. The van der Waals surface area contributed by atoms with Crippen molar-refractivity contribution in [3.05, 3.63) is 29.0 Å². The smallest absolute Gasteiger partial charge is 0.255 e. The van der Waals surface area contributed by atoms with Crippen LogP contribution in [0.25, 0.3) is 0 Å². The molecule has 0 saturated carbocycles. The van der Waals surface area contributed by atoms with Crippen LogP contribution in [-0.2, 0) is 0 Å². The molecule has 0 bridgehead atoms. The fourth-order valence-corrected chi connectivity index (χ4v) is 3.04.